The van der Waals surface area contributed by atoms with E-state index >= 15 is 0 Å². The van der Waals surface area contributed by atoms with Gasteiger partial charge in [0.05, 0.1) is 0 Å². The van der Waals surface area contributed by atoms with Gasteiger partial charge in [0, 0.05) is 16.8 Å². The van der Waals surface area contributed by atoms with Crippen molar-refractivity contribution < 1.29 is 9.47 Å². The van der Waals surface area contributed by atoms with Gasteiger partial charge in [-0.1, -0.05) is 30.3 Å². The Morgan fingerprint density at radius 2 is 1.45 bits per heavy atom. The van der Waals surface area contributed by atoms with Crippen molar-refractivity contribution in [1.82, 2.24) is 0 Å². The van der Waals surface area contributed by atoms with E-state index in [0.29, 0.717) is 0 Å². The Balaban J connectivity index is 1.76. The molecule has 0 radical (unpaired) electrons. The second kappa shape index (κ2) is 4.21. The molecular formula is C19H11NO2. The quantitative estimate of drug-likeness (QED) is 0.434. The smallest absolute Gasteiger partial charge is 0.154 e. The number of hydrogen-bond donors (Lipinski definition) is 0. The van der Waals surface area contributed by atoms with E-state index in [-0.39, 0.29) is 0 Å². The summed E-state index contributed by atoms with van der Waals surface area (Å²) in [5.41, 5.74) is 1.92. The number of rotatable bonds is 0. The van der Waals surface area contributed by atoms with E-state index in [4.69, 9.17) is 9.47 Å². The summed E-state index contributed by atoms with van der Waals surface area (Å²) in [4.78, 5) is 4.65. The largest absolute Gasteiger partial charge is 0.456 e. The molecule has 5 rings (SSSR count). The molecule has 0 fully saturated rings. The standard InChI is InChI=1S/C19H11NO2/c1-3-7-16-12(5-1)9-13-10-19-15(11-18(13)21-16)20-14-6-2-4-8-17(14)22-19/h1-11H. The third-order valence-corrected chi connectivity index (χ3v) is 3.87. The minimum atomic E-state index is 0.761. The van der Waals surface area contributed by atoms with E-state index in [0.717, 1.165) is 44.8 Å². The van der Waals surface area contributed by atoms with E-state index in [9.17, 15) is 0 Å². The highest BCUT2D eigenvalue weighted by Gasteiger charge is 2.16. The molecule has 3 nitrogen and oxygen atoms in total. The molecule has 0 aromatic heterocycles. The summed E-state index contributed by atoms with van der Waals surface area (Å²) < 4.78 is 11.9. The van der Waals surface area contributed by atoms with Gasteiger partial charge < -0.3 is 9.47 Å². The van der Waals surface area contributed by atoms with E-state index in [1.807, 2.05) is 60.7 Å². The Kier molecular flexibility index (Phi) is 2.22. The molecule has 0 N–H and O–H groups in total. The molecule has 3 aromatic rings. The number of para-hydroxylation sites is 3. The fraction of sp³-hybridized carbons (Fsp3) is 0. The van der Waals surface area contributed by atoms with E-state index in [2.05, 4.69) is 11.1 Å². The van der Waals surface area contributed by atoms with Gasteiger partial charge in [-0.05, 0) is 30.3 Å². The zero-order valence-electron chi connectivity index (χ0n) is 11.6. The number of fused-ring (bicyclic) bond motifs is 4. The summed E-state index contributed by atoms with van der Waals surface area (Å²) in [5.74, 6) is 3.22. The first-order valence-corrected chi connectivity index (χ1v) is 7.15. The lowest BCUT2D eigenvalue weighted by atomic mass is 10.1. The maximum Gasteiger partial charge on any atom is 0.154 e. The molecule has 0 amide bonds. The van der Waals surface area contributed by atoms with Crippen molar-refractivity contribution in [3.63, 3.8) is 0 Å². The molecule has 2 aliphatic heterocycles. The molecule has 0 unspecified atom stereocenters. The maximum atomic E-state index is 5.98. The number of benzene rings is 3. The molecule has 3 heteroatoms. The Morgan fingerprint density at radius 1 is 0.682 bits per heavy atom. The molecule has 0 spiro atoms. The van der Waals surface area contributed by atoms with Gasteiger partial charge in [0.2, 0.25) is 0 Å². The third-order valence-electron chi connectivity index (χ3n) is 3.87. The second-order valence-corrected chi connectivity index (χ2v) is 5.32. The van der Waals surface area contributed by atoms with Gasteiger partial charge in [-0.25, -0.2) is 4.99 Å². The van der Waals surface area contributed by atoms with Crippen LogP contribution in [0.15, 0.2) is 65.7 Å². The second-order valence-electron chi connectivity index (χ2n) is 5.32. The van der Waals surface area contributed by atoms with Gasteiger partial charge in [-0.2, -0.15) is 0 Å². The van der Waals surface area contributed by atoms with Gasteiger partial charge in [0.15, 0.2) is 11.5 Å². The average molecular weight is 285 g/mol. The van der Waals surface area contributed by atoms with Gasteiger partial charge in [-0.3, -0.25) is 0 Å². The SMILES string of the molecule is C1=c2cc3c(cc2Oc2ccccc21)=Nc1ccccc1O3. The van der Waals surface area contributed by atoms with E-state index in [1.165, 1.54) is 0 Å². The predicted molar refractivity (Wildman–Crippen MR) is 83.5 cm³/mol. The number of ether oxygens (including phenoxy) is 2. The molecule has 0 saturated carbocycles. The van der Waals surface area contributed by atoms with Crippen molar-refractivity contribution in [2.75, 3.05) is 0 Å². The van der Waals surface area contributed by atoms with E-state index < -0.39 is 0 Å². The highest BCUT2D eigenvalue weighted by molar-refractivity contribution is 5.64. The van der Waals surface area contributed by atoms with Gasteiger partial charge in [-0.15, -0.1) is 0 Å². The Labute approximate surface area is 126 Å². The number of nitrogens with zero attached hydrogens (tertiary/aromatic N) is 1. The molecule has 3 aromatic carbocycles. The highest BCUT2D eigenvalue weighted by atomic mass is 16.5. The highest BCUT2D eigenvalue weighted by Crippen LogP contribution is 2.34. The Morgan fingerprint density at radius 3 is 2.41 bits per heavy atom. The zero-order chi connectivity index (χ0) is 14.5. The van der Waals surface area contributed by atoms with Crippen molar-refractivity contribution in [2.45, 2.75) is 0 Å². The third kappa shape index (κ3) is 1.66. The molecular weight excluding hydrogens is 274 g/mol. The average Bonchev–Trinajstić information content (AvgIpc) is 2.56. The van der Waals surface area contributed by atoms with Crippen LogP contribution in [0.1, 0.15) is 5.56 Å². The van der Waals surface area contributed by atoms with Crippen molar-refractivity contribution in [2.24, 2.45) is 4.99 Å². The van der Waals surface area contributed by atoms with Gasteiger partial charge in [0.25, 0.3) is 0 Å². The lowest BCUT2D eigenvalue weighted by molar-refractivity contribution is 0.453. The zero-order valence-corrected chi connectivity index (χ0v) is 11.6. The molecule has 0 bridgehead atoms. The molecule has 0 saturated heterocycles. The first kappa shape index (κ1) is 11.6. The van der Waals surface area contributed by atoms with E-state index in [1.54, 1.807) is 0 Å². The summed E-state index contributed by atoms with van der Waals surface area (Å²) in [5, 5.41) is 1.80. The predicted octanol–water partition coefficient (Wildman–Crippen LogP) is 3.68. The van der Waals surface area contributed by atoms with Crippen LogP contribution in [0.25, 0.3) is 6.08 Å². The first-order valence-electron chi connectivity index (χ1n) is 7.15. The Hall–Kier alpha value is -3.07. The van der Waals surface area contributed by atoms with Crippen LogP contribution in [0, 0.1) is 0 Å². The summed E-state index contributed by atoms with van der Waals surface area (Å²) in [6, 6.07) is 19.7. The molecule has 0 aliphatic carbocycles. The normalized spacial score (nSPS) is 13.1. The van der Waals surface area contributed by atoms with Gasteiger partial charge in [0.1, 0.15) is 22.5 Å². The summed E-state index contributed by atoms with van der Waals surface area (Å²) in [7, 11) is 0. The topological polar surface area (TPSA) is 30.8 Å². The van der Waals surface area contributed by atoms with Crippen molar-refractivity contribution >= 4 is 11.8 Å². The fourth-order valence-electron chi connectivity index (χ4n) is 2.80. The fourth-order valence-corrected chi connectivity index (χ4v) is 2.80. The molecule has 2 heterocycles. The van der Waals surface area contributed by atoms with Crippen LogP contribution in [-0.4, -0.2) is 0 Å². The lowest BCUT2D eigenvalue weighted by Crippen LogP contribution is -2.18. The summed E-state index contributed by atoms with van der Waals surface area (Å²) in [6.07, 6.45) is 2.11. The summed E-state index contributed by atoms with van der Waals surface area (Å²) >= 11 is 0. The van der Waals surface area contributed by atoms with Crippen molar-refractivity contribution in [1.29, 1.82) is 0 Å². The van der Waals surface area contributed by atoms with Crippen LogP contribution in [-0.2, 0) is 0 Å². The molecule has 0 atom stereocenters. The molecule has 104 valence electrons. The van der Waals surface area contributed by atoms with Crippen LogP contribution in [0.2, 0.25) is 0 Å². The molecule has 2 aliphatic rings. The van der Waals surface area contributed by atoms with Gasteiger partial charge >= 0.3 is 0 Å². The maximum absolute atomic E-state index is 5.98. The minimum Gasteiger partial charge on any atom is -0.456 e. The monoisotopic (exact) mass is 285 g/mol. The summed E-state index contributed by atoms with van der Waals surface area (Å²) in [6.45, 7) is 0. The minimum absolute atomic E-state index is 0.761. The van der Waals surface area contributed by atoms with Crippen LogP contribution in [0.5, 0.6) is 23.0 Å². The van der Waals surface area contributed by atoms with Crippen LogP contribution in [0.3, 0.4) is 0 Å². The van der Waals surface area contributed by atoms with Crippen LogP contribution < -0.4 is 20.0 Å². The lowest BCUT2D eigenvalue weighted by Gasteiger charge is -2.18. The molecule has 22 heavy (non-hydrogen) atoms. The first-order chi connectivity index (χ1) is 10.9. The van der Waals surface area contributed by atoms with Crippen molar-refractivity contribution in [3.05, 3.63) is 76.8 Å². The van der Waals surface area contributed by atoms with Crippen molar-refractivity contribution in [3.8, 4) is 23.0 Å². The van der Waals surface area contributed by atoms with Crippen LogP contribution in [0.4, 0.5) is 5.69 Å². The number of hydrogen-bond acceptors (Lipinski definition) is 3. The Bertz CT molecular complexity index is 952. The van der Waals surface area contributed by atoms with Crippen LogP contribution >= 0.6 is 0 Å².